The van der Waals surface area contributed by atoms with Crippen LogP contribution in [0.4, 0.5) is 0 Å². The van der Waals surface area contributed by atoms with Crippen LogP contribution in [0.1, 0.15) is 21.5 Å². The fourth-order valence-electron chi connectivity index (χ4n) is 3.21. The molecule has 0 fully saturated rings. The Balaban J connectivity index is 1.55. The predicted octanol–water partition coefficient (Wildman–Crippen LogP) is 4.42. The first-order valence-electron chi connectivity index (χ1n) is 9.66. The van der Waals surface area contributed by atoms with Crippen molar-refractivity contribution < 1.29 is 4.79 Å². The Morgan fingerprint density at radius 2 is 2.00 bits per heavy atom. The highest BCUT2D eigenvalue weighted by atomic mass is 32.1. The number of nitrogens with zero attached hydrogens (tertiary/aromatic N) is 3. The molecule has 0 unspecified atom stereocenters. The molecule has 4 aromatic rings. The highest BCUT2D eigenvalue weighted by molar-refractivity contribution is 7.13. The number of nitrogens with two attached hydrogens (primary N) is 1. The molecule has 154 valence electrons. The summed E-state index contributed by atoms with van der Waals surface area (Å²) in [4.78, 5) is 25.8. The second kappa shape index (κ2) is 8.89. The van der Waals surface area contributed by atoms with Gasteiger partial charge in [0.25, 0.3) is 5.91 Å². The number of benzene rings is 2. The predicted molar refractivity (Wildman–Crippen MR) is 127 cm³/mol. The summed E-state index contributed by atoms with van der Waals surface area (Å²) in [5.41, 5.74) is 10.9. The van der Waals surface area contributed by atoms with E-state index in [0.717, 1.165) is 32.6 Å². The van der Waals surface area contributed by atoms with Gasteiger partial charge >= 0.3 is 0 Å². The summed E-state index contributed by atoms with van der Waals surface area (Å²) in [6.07, 6.45) is 5.21. The average molecular weight is 428 g/mol. The van der Waals surface area contributed by atoms with Crippen molar-refractivity contribution in [2.24, 2.45) is 10.7 Å². The van der Waals surface area contributed by atoms with E-state index in [9.17, 15) is 4.79 Å². The van der Waals surface area contributed by atoms with Gasteiger partial charge in [-0.15, -0.1) is 11.3 Å². The van der Waals surface area contributed by atoms with E-state index in [-0.39, 0.29) is 5.91 Å². The third-order valence-corrected chi connectivity index (χ3v) is 5.68. The molecule has 0 atom stereocenters. The van der Waals surface area contributed by atoms with E-state index < -0.39 is 0 Å². The Morgan fingerprint density at radius 3 is 2.74 bits per heavy atom. The number of aliphatic imine (C=N–C) groups is 1. The largest absolute Gasteiger partial charge is 0.398 e. The van der Waals surface area contributed by atoms with Crippen LogP contribution in [0, 0.1) is 6.92 Å². The fourth-order valence-corrected chi connectivity index (χ4v) is 3.83. The Hall–Kier alpha value is -3.84. The van der Waals surface area contributed by atoms with Crippen molar-refractivity contribution in [2.75, 3.05) is 7.05 Å². The molecule has 0 saturated heterocycles. The maximum absolute atomic E-state index is 12.8. The zero-order valence-electron chi connectivity index (χ0n) is 17.2. The van der Waals surface area contributed by atoms with Gasteiger partial charge in [0.1, 0.15) is 10.8 Å². The van der Waals surface area contributed by atoms with Crippen LogP contribution in [0.2, 0.25) is 0 Å². The van der Waals surface area contributed by atoms with Crippen LogP contribution in [0.5, 0.6) is 0 Å². The van der Waals surface area contributed by atoms with Gasteiger partial charge in [0, 0.05) is 58.7 Å². The monoisotopic (exact) mass is 427 g/mol. The molecule has 0 bridgehead atoms. The number of carbonyl (C=O) groups excluding carboxylic acids is 1. The van der Waals surface area contributed by atoms with Crippen LogP contribution >= 0.6 is 11.3 Å². The second-order valence-electron chi connectivity index (χ2n) is 6.95. The van der Waals surface area contributed by atoms with Crippen molar-refractivity contribution in [3.63, 3.8) is 0 Å². The molecule has 0 aliphatic carbocycles. The molecule has 0 aliphatic heterocycles. The third-order valence-electron chi connectivity index (χ3n) is 4.86. The van der Waals surface area contributed by atoms with E-state index in [4.69, 9.17) is 5.73 Å². The number of hydrogen-bond donors (Lipinski definition) is 2. The van der Waals surface area contributed by atoms with E-state index in [0.29, 0.717) is 17.1 Å². The molecule has 4 rings (SSSR count). The standard InChI is InChI=1S/C24H21N5OS/c1-15-5-3-4-6-19(15)20(25)13-22(26-2)29-23(30)17-8-7-16-11-18(14-28-21(16)12-17)24-27-9-10-31-24/h3-14H,25H2,1-2H3,(H,26,29,30). The van der Waals surface area contributed by atoms with E-state index in [1.54, 1.807) is 49.0 Å². The molecular formula is C24H21N5OS. The fraction of sp³-hybridized carbons (Fsp3) is 0.0833. The molecule has 2 heterocycles. The van der Waals surface area contributed by atoms with Crippen LogP contribution in [0.25, 0.3) is 27.2 Å². The van der Waals surface area contributed by atoms with Gasteiger partial charge in [-0.3, -0.25) is 14.8 Å². The van der Waals surface area contributed by atoms with Gasteiger partial charge in [0.05, 0.1) is 5.52 Å². The van der Waals surface area contributed by atoms with Crippen molar-refractivity contribution >= 4 is 39.7 Å². The number of pyridine rings is 1. The number of nitrogens with one attached hydrogen (secondary N) is 1. The number of aromatic nitrogens is 2. The number of carbonyl (C=O) groups is 1. The van der Waals surface area contributed by atoms with Crippen molar-refractivity contribution in [2.45, 2.75) is 6.92 Å². The highest BCUT2D eigenvalue weighted by Crippen LogP contribution is 2.25. The minimum absolute atomic E-state index is 0.276. The molecule has 0 spiro atoms. The molecule has 0 saturated carbocycles. The second-order valence-corrected chi connectivity index (χ2v) is 7.84. The summed E-state index contributed by atoms with van der Waals surface area (Å²) in [5.74, 6) is 0.111. The summed E-state index contributed by atoms with van der Waals surface area (Å²) in [6, 6.07) is 15.2. The van der Waals surface area contributed by atoms with Crippen molar-refractivity contribution in [1.82, 2.24) is 15.3 Å². The van der Waals surface area contributed by atoms with Crippen LogP contribution < -0.4 is 11.1 Å². The Bertz CT molecular complexity index is 1310. The molecule has 3 N–H and O–H groups in total. The average Bonchev–Trinajstić information content (AvgIpc) is 3.33. The lowest BCUT2D eigenvalue weighted by Crippen LogP contribution is -2.29. The lowest BCUT2D eigenvalue weighted by molar-refractivity contribution is 0.0977. The minimum Gasteiger partial charge on any atom is -0.398 e. The van der Waals surface area contributed by atoms with Crippen LogP contribution in [-0.4, -0.2) is 28.8 Å². The number of thiazole rings is 1. The van der Waals surface area contributed by atoms with Gasteiger partial charge in [0.2, 0.25) is 0 Å². The SMILES string of the molecule is CN=C(C=C(N)c1ccccc1C)NC(=O)c1ccc2cc(-c3nccs3)cnc2c1. The Labute approximate surface area is 184 Å². The zero-order valence-corrected chi connectivity index (χ0v) is 18.0. The van der Waals surface area contributed by atoms with Gasteiger partial charge in [-0.2, -0.15) is 0 Å². The number of amides is 1. The molecule has 1 amide bonds. The molecule has 2 aromatic carbocycles. The summed E-state index contributed by atoms with van der Waals surface area (Å²) >= 11 is 1.56. The maximum Gasteiger partial charge on any atom is 0.256 e. The van der Waals surface area contributed by atoms with E-state index in [2.05, 4.69) is 20.3 Å². The van der Waals surface area contributed by atoms with Gasteiger partial charge < -0.3 is 11.1 Å². The summed E-state index contributed by atoms with van der Waals surface area (Å²) in [5, 5.41) is 6.61. The van der Waals surface area contributed by atoms with E-state index in [1.165, 1.54) is 0 Å². The maximum atomic E-state index is 12.8. The smallest absolute Gasteiger partial charge is 0.256 e. The number of rotatable bonds is 4. The van der Waals surface area contributed by atoms with E-state index >= 15 is 0 Å². The summed E-state index contributed by atoms with van der Waals surface area (Å²) < 4.78 is 0. The van der Waals surface area contributed by atoms with Crippen molar-refractivity contribution in [3.8, 4) is 10.6 Å². The van der Waals surface area contributed by atoms with Crippen LogP contribution in [0.3, 0.4) is 0 Å². The Kier molecular flexibility index (Phi) is 5.86. The first-order valence-corrected chi connectivity index (χ1v) is 10.5. The van der Waals surface area contributed by atoms with Gasteiger partial charge in [-0.1, -0.05) is 30.3 Å². The summed E-state index contributed by atoms with van der Waals surface area (Å²) in [6.45, 7) is 1.99. The molecular weight excluding hydrogens is 406 g/mol. The number of hydrogen-bond acceptors (Lipinski definition) is 6. The number of aryl methyl sites for hydroxylation is 1. The van der Waals surface area contributed by atoms with E-state index in [1.807, 2.05) is 48.7 Å². The molecule has 7 heteroatoms. The minimum atomic E-state index is -0.276. The topological polar surface area (TPSA) is 93.3 Å². The van der Waals surface area contributed by atoms with Gasteiger partial charge in [0.15, 0.2) is 0 Å². The quantitative estimate of drug-likeness (QED) is 0.372. The third kappa shape index (κ3) is 4.51. The van der Waals surface area contributed by atoms with Gasteiger partial charge in [-0.25, -0.2) is 4.98 Å². The molecule has 31 heavy (non-hydrogen) atoms. The van der Waals surface area contributed by atoms with Crippen LogP contribution in [0.15, 0.2) is 77.4 Å². The van der Waals surface area contributed by atoms with Gasteiger partial charge in [-0.05, 0) is 30.7 Å². The Morgan fingerprint density at radius 1 is 1.16 bits per heavy atom. The van der Waals surface area contributed by atoms with Crippen LogP contribution in [-0.2, 0) is 0 Å². The molecule has 0 radical (unpaired) electrons. The lowest BCUT2D eigenvalue weighted by Gasteiger charge is -2.09. The number of amidine groups is 1. The first-order chi connectivity index (χ1) is 15.0. The zero-order chi connectivity index (χ0) is 21.8. The molecule has 0 aliphatic rings. The van der Waals surface area contributed by atoms with Crippen molar-refractivity contribution in [3.05, 3.63) is 89.1 Å². The normalized spacial score (nSPS) is 12.2. The summed E-state index contributed by atoms with van der Waals surface area (Å²) in [7, 11) is 1.61. The van der Waals surface area contributed by atoms with Crippen molar-refractivity contribution in [1.29, 1.82) is 0 Å². The number of fused-ring (bicyclic) bond motifs is 1. The molecule has 6 nitrogen and oxygen atoms in total. The first kappa shape index (κ1) is 20.4. The lowest BCUT2D eigenvalue weighted by atomic mass is 10.1. The highest BCUT2D eigenvalue weighted by Gasteiger charge is 2.11. The molecule has 2 aromatic heterocycles.